The molecule has 21 heavy (non-hydrogen) atoms. The van der Waals surface area contributed by atoms with Gasteiger partial charge in [-0.25, -0.2) is 0 Å². The molecular weight excluding hydrogens is 274 g/mol. The average Bonchev–Trinajstić information content (AvgIpc) is 2.54. The van der Waals surface area contributed by atoms with Gasteiger partial charge in [0.25, 0.3) is 0 Å². The Kier molecular flexibility index (Phi) is 7.41. The molecule has 0 aliphatic rings. The number of thioether (sulfide) groups is 1. The SMILES string of the molecule is CCNCc1cccc(SCCCCc2ccccc2)c1. The van der Waals surface area contributed by atoms with Crippen LogP contribution in [0.2, 0.25) is 0 Å². The van der Waals surface area contributed by atoms with E-state index in [1.807, 2.05) is 11.8 Å². The number of hydrogen-bond donors (Lipinski definition) is 1. The number of rotatable bonds is 9. The van der Waals surface area contributed by atoms with E-state index in [4.69, 9.17) is 0 Å². The summed E-state index contributed by atoms with van der Waals surface area (Å²) in [6.07, 6.45) is 3.74. The van der Waals surface area contributed by atoms with Crippen molar-refractivity contribution in [3.05, 3.63) is 65.7 Å². The standard InChI is InChI=1S/C19H25NS/c1-2-20-16-18-12-8-13-19(15-18)21-14-7-6-11-17-9-4-3-5-10-17/h3-5,8-10,12-13,15,20H,2,6-7,11,14,16H2,1H3. The second kappa shape index (κ2) is 9.64. The van der Waals surface area contributed by atoms with Crippen LogP contribution in [0, 0.1) is 0 Å². The predicted octanol–water partition coefficient (Wildman–Crippen LogP) is 4.91. The summed E-state index contributed by atoms with van der Waals surface area (Å²) >= 11 is 1.98. The van der Waals surface area contributed by atoms with Gasteiger partial charge in [-0.05, 0) is 54.8 Å². The van der Waals surface area contributed by atoms with Crippen LogP contribution in [0.15, 0.2) is 59.5 Å². The molecule has 0 unspecified atom stereocenters. The molecule has 0 aromatic heterocycles. The fraction of sp³-hybridized carbons (Fsp3) is 0.368. The predicted molar refractivity (Wildman–Crippen MR) is 93.9 cm³/mol. The molecule has 1 nitrogen and oxygen atoms in total. The van der Waals surface area contributed by atoms with E-state index >= 15 is 0 Å². The first kappa shape index (κ1) is 16.1. The van der Waals surface area contributed by atoms with Crippen LogP contribution in [-0.2, 0) is 13.0 Å². The maximum absolute atomic E-state index is 3.38. The summed E-state index contributed by atoms with van der Waals surface area (Å²) in [5, 5.41) is 3.38. The lowest BCUT2D eigenvalue weighted by Gasteiger charge is -2.06. The number of hydrogen-bond acceptors (Lipinski definition) is 2. The topological polar surface area (TPSA) is 12.0 Å². The third-order valence-corrected chi connectivity index (χ3v) is 4.53. The summed E-state index contributed by atoms with van der Waals surface area (Å²) in [6, 6.07) is 19.7. The zero-order valence-electron chi connectivity index (χ0n) is 12.8. The third kappa shape index (κ3) is 6.36. The van der Waals surface area contributed by atoms with Gasteiger partial charge in [0.2, 0.25) is 0 Å². The van der Waals surface area contributed by atoms with E-state index in [1.54, 1.807) is 0 Å². The van der Waals surface area contributed by atoms with Gasteiger partial charge < -0.3 is 5.32 Å². The average molecular weight is 299 g/mol. The van der Waals surface area contributed by atoms with Gasteiger partial charge in [0, 0.05) is 11.4 Å². The molecule has 0 heterocycles. The zero-order chi connectivity index (χ0) is 14.8. The third-order valence-electron chi connectivity index (χ3n) is 3.45. The van der Waals surface area contributed by atoms with Crippen molar-refractivity contribution in [1.29, 1.82) is 0 Å². The fourth-order valence-corrected chi connectivity index (χ4v) is 3.27. The summed E-state index contributed by atoms with van der Waals surface area (Å²) in [7, 11) is 0. The molecule has 0 aliphatic heterocycles. The van der Waals surface area contributed by atoms with Crippen LogP contribution in [-0.4, -0.2) is 12.3 Å². The van der Waals surface area contributed by atoms with Crippen molar-refractivity contribution in [3.63, 3.8) is 0 Å². The summed E-state index contributed by atoms with van der Waals surface area (Å²) in [4.78, 5) is 1.39. The van der Waals surface area contributed by atoms with Gasteiger partial charge >= 0.3 is 0 Å². The fourth-order valence-electron chi connectivity index (χ4n) is 2.28. The molecule has 2 aromatic rings. The van der Waals surface area contributed by atoms with Crippen molar-refractivity contribution >= 4 is 11.8 Å². The van der Waals surface area contributed by atoms with Crippen LogP contribution in [0.25, 0.3) is 0 Å². The van der Waals surface area contributed by atoms with E-state index in [0.717, 1.165) is 13.1 Å². The summed E-state index contributed by atoms with van der Waals surface area (Å²) in [5.74, 6) is 1.21. The molecular formula is C19H25NS. The highest BCUT2D eigenvalue weighted by Crippen LogP contribution is 2.21. The monoisotopic (exact) mass is 299 g/mol. The first-order valence-electron chi connectivity index (χ1n) is 7.85. The van der Waals surface area contributed by atoms with Crippen LogP contribution in [0.5, 0.6) is 0 Å². The van der Waals surface area contributed by atoms with E-state index in [-0.39, 0.29) is 0 Å². The van der Waals surface area contributed by atoms with Crippen LogP contribution in [0.4, 0.5) is 0 Å². The van der Waals surface area contributed by atoms with E-state index in [1.165, 1.54) is 41.0 Å². The maximum atomic E-state index is 3.38. The van der Waals surface area contributed by atoms with E-state index in [0.29, 0.717) is 0 Å². The molecule has 0 saturated carbocycles. The molecule has 0 spiro atoms. The smallest absolute Gasteiger partial charge is 0.0205 e. The molecule has 0 amide bonds. The van der Waals surface area contributed by atoms with Gasteiger partial charge in [-0.3, -0.25) is 0 Å². The molecule has 0 saturated heterocycles. The van der Waals surface area contributed by atoms with Gasteiger partial charge in [-0.1, -0.05) is 49.4 Å². The first-order chi connectivity index (χ1) is 10.4. The van der Waals surface area contributed by atoms with Crippen LogP contribution < -0.4 is 5.32 Å². The zero-order valence-corrected chi connectivity index (χ0v) is 13.7. The molecule has 0 bridgehead atoms. The van der Waals surface area contributed by atoms with Crippen LogP contribution >= 0.6 is 11.8 Å². The largest absolute Gasteiger partial charge is 0.313 e. The minimum absolute atomic E-state index is 0.971. The summed E-state index contributed by atoms with van der Waals surface area (Å²) < 4.78 is 0. The molecule has 0 atom stereocenters. The Morgan fingerprint density at radius 2 is 1.71 bits per heavy atom. The Balaban J connectivity index is 1.66. The van der Waals surface area contributed by atoms with Gasteiger partial charge in [-0.2, -0.15) is 0 Å². The quantitative estimate of drug-likeness (QED) is 0.521. The van der Waals surface area contributed by atoms with Crippen molar-refractivity contribution in [2.75, 3.05) is 12.3 Å². The second-order valence-electron chi connectivity index (χ2n) is 5.22. The molecule has 1 N–H and O–H groups in total. The number of unbranched alkanes of at least 4 members (excludes halogenated alkanes) is 1. The highest BCUT2D eigenvalue weighted by atomic mass is 32.2. The summed E-state index contributed by atoms with van der Waals surface area (Å²) in [5.41, 5.74) is 2.83. The van der Waals surface area contributed by atoms with Gasteiger partial charge in [0.1, 0.15) is 0 Å². The van der Waals surface area contributed by atoms with Gasteiger partial charge in [0.05, 0.1) is 0 Å². The van der Waals surface area contributed by atoms with Crippen molar-refractivity contribution in [1.82, 2.24) is 5.32 Å². The van der Waals surface area contributed by atoms with Crippen LogP contribution in [0.1, 0.15) is 30.9 Å². The molecule has 2 heteroatoms. The van der Waals surface area contributed by atoms with Crippen LogP contribution in [0.3, 0.4) is 0 Å². The minimum Gasteiger partial charge on any atom is -0.313 e. The number of nitrogens with one attached hydrogen (secondary N) is 1. The minimum atomic E-state index is 0.971. The number of aryl methyl sites for hydroxylation is 1. The van der Waals surface area contributed by atoms with Crippen molar-refractivity contribution < 1.29 is 0 Å². The Morgan fingerprint density at radius 1 is 0.905 bits per heavy atom. The second-order valence-corrected chi connectivity index (χ2v) is 6.39. The molecule has 0 aliphatic carbocycles. The van der Waals surface area contributed by atoms with Gasteiger partial charge in [0.15, 0.2) is 0 Å². The Hall–Kier alpha value is -1.25. The normalized spacial score (nSPS) is 10.7. The van der Waals surface area contributed by atoms with Gasteiger partial charge in [-0.15, -0.1) is 11.8 Å². The Morgan fingerprint density at radius 3 is 2.52 bits per heavy atom. The van der Waals surface area contributed by atoms with Crippen molar-refractivity contribution in [3.8, 4) is 0 Å². The lowest BCUT2D eigenvalue weighted by Crippen LogP contribution is -2.11. The molecule has 0 radical (unpaired) electrons. The van der Waals surface area contributed by atoms with E-state index < -0.39 is 0 Å². The molecule has 2 rings (SSSR count). The summed E-state index contributed by atoms with van der Waals surface area (Å²) in [6.45, 7) is 4.14. The highest BCUT2D eigenvalue weighted by molar-refractivity contribution is 7.99. The van der Waals surface area contributed by atoms with E-state index in [9.17, 15) is 0 Å². The number of benzene rings is 2. The maximum Gasteiger partial charge on any atom is 0.0205 e. The Labute approximate surface area is 133 Å². The van der Waals surface area contributed by atoms with Crippen molar-refractivity contribution in [2.24, 2.45) is 0 Å². The van der Waals surface area contributed by atoms with Crippen molar-refractivity contribution in [2.45, 2.75) is 37.6 Å². The highest BCUT2D eigenvalue weighted by Gasteiger charge is 1.98. The molecule has 2 aromatic carbocycles. The molecule has 0 fully saturated rings. The molecule has 112 valence electrons. The van der Waals surface area contributed by atoms with E-state index in [2.05, 4.69) is 66.8 Å². The lowest BCUT2D eigenvalue weighted by atomic mass is 10.1. The lowest BCUT2D eigenvalue weighted by molar-refractivity contribution is 0.725. The Bertz CT molecular complexity index is 510. The first-order valence-corrected chi connectivity index (χ1v) is 8.83.